The standard InChI is InChI=1S/C18H22N4O/c1-3-13-6-4-5-12(2)17(13)20-15-9-10-16(19-11-15)22-18(23)21-14-7-8-14/h4-6,9-11,14,20H,3,7-8H2,1-2H3,(H2,19,21,22,23). The predicted molar refractivity (Wildman–Crippen MR) is 93.3 cm³/mol. The number of urea groups is 1. The first-order chi connectivity index (χ1) is 11.2. The molecule has 5 heteroatoms. The molecule has 0 spiro atoms. The molecule has 3 N–H and O–H groups in total. The summed E-state index contributed by atoms with van der Waals surface area (Å²) in [7, 11) is 0. The van der Waals surface area contributed by atoms with Crippen LogP contribution >= 0.6 is 0 Å². The Bertz CT molecular complexity index is 693. The van der Waals surface area contributed by atoms with Crippen molar-refractivity contribution in [1.82, 2.24) is 10.3 Å². The monoisotopic (exact) mass is 310 g/mol. The molecule has 2 amide bonds. The van der Waals surface area contributed by atoms with Crippen LogP contribution in [-0.2, 0) is 6.42 Å². The minimum atomic E-state index is -0.187. The molecule has 1 aromatic heterocycles. The summed E-state index contributed by atoms with van der Waals surface area (Å²) < 4.78 is 0. The largest absolute Gasteiger partial charge is 0.354 e. The lowest BCUT2D eigenvalue weighted by atomic mass is 10.1. The number of nitrogens with one attached hydrogen (secondary N) is 3. The van der Waals surface area contributed by atoms with Crippen LogP contribution in [0.1, 0.15) is 30.9 Å². The fourth-order valence-electron chi connectivity index (χ4n) is 2.45. The van der Waals surface area contributed by atoms with Crippen molar-refractivity contribution in [3.05, 3.63) is 47.7 Å². The van der Waals surface area contributed by atoms with E-state index < -0.39 is 0 Å². The number of rotatable bonds is 5. The number of carbonyl (C=O) groups is 1. The van der Waals surface area contributed by atoms with Crippen LogP contribution in [0, 0.1) is 6.92 Å². The zero-order chi connectivity index (χ0) is 16.2. The van der Waals surface area contributed by atoms with Gasteiger partial charge in [0.1, 0.15) is 5.82 Å². The normalized spacial score (nSPS) is 13.5. The zero-order valence-corrected chi connectivity index (χ0v) is 13.5. The maximum Gasteiger partial charge on any atom is 0.320 e. The van der Waals surface area contributed by atoms with E-state index in [4.69, 9.17) is 0 Å². The van der Waals surface area contributed by atoms with Crippen molar-refractivity contribution in [1.29, 1.82) is 0 Å². The molecule has 2 aromatic rings. The SMILES string of the molecule is CCc1cccc(C)c1Nc1ccc(NC(=O)NC2CC2)nc1. The maximum absolute atomic E-state index is 11.7. The summed E-state index contributed by atoms with van der Waals surface area (Å²) in [5.41, 5.74) is 4.51. The van der Waals surface area contributed by atoms with Crippen LogP contribution < -0.4 is 16.0 Å². The van der Waals surface area contributed by atoms with E-state index in [1.807, 2.05) is 6.07 Å². The molecule has 1 saturated carbocycles. The molecule has 1 aliphatic rings. The number of para-hydroxylation sites is 1. The van der Waals surface area contributed by atoms with Gasteiger partial charge in [-0.25, -0.2) is 9.78 Å². The molecule has 0 aliphatic heterocycles. The first-order valence-corrected chi connectivity index (χ1v) is 8.05. The van der Waals surface area contributed by atoms with Crippen LogP contribution in [0.4, 0.5) is 22.0 Å². The maximum atomic E-state index is 11.7. The number of amides is 2. The summed E-state index contributed by atoms with van der Waals surface area (Å²) >= 11 is 0. The molecule has 1 heterocycles. The number of nitrogens with zero attached hydrogens (tertiary/aromatic N) is 1. The average molecular weight is 310 g/mol. The second-order valence-corrected chi connectivity index (χ2v) is 5.89. The second kappa shape index (κ2) is 6.69. The van der Waals surface area contributed by atoms with E-state index in [1.165, 1.54) is 11.1 Å². The molecule has 23 heavy (non-hydrogen) atoms. The molecule has 0 radical (unpaired) electrons. The highest BCUT2D eigenvalue weighted by molar-refractivity contribution is 5.88. The van der Waals surface area contributed by atoms with Crippen molar-refractivity contribution in [2.75, 3.05) is 10.6 Å². The summed E-state index contributed by atoms with van der Waals surface area (Å²) in [5, 5.41) is 9.05. The third kappa shape index (κ3) is 4.00. The number of benzene rings is 1. The first kappa shape index (κ1) is 15.3. The van der Waals surface area contributed by atoms with E-state index in [2.05, 4.69) is 53.0 Å². The van der Waals surface area contributed by atoms with Crippen LogP contribution in [0.25, 0.3) is 0 Å². The molecule has 3 rings (SSSR count). The van der Waals surface area contributed by atoms with Gasteiger partial charge >= 0.3 is 6.03 Å². The number of pyridine rings is 1. The molecular weight excluding hydrogens is 288 g/mol. The average Bonchev–Trinajstić information content (AvgIpc) is 3.35. The highest BCUT2D eigenvalue weighted by atomic mass is 16.2. The van der Waals surface area contributed by atoms with Gasteiger partial charge in [0.25, 0.3) is 0 Å². The topological polar surface area (TPSA) is 66.0 Å². The quantitative estimate of drug-likeness (QED) is 0.782. The van der Waals surface area contributed by atoms with Crippen LogP contribution in [0.2, 0.25) is 0 Å². The minimum Gasteiger partial charge on any atom is -0.354 e. The lowest BCUT2D eigenvalue weighted by Crippen LogP contribution is -2.30. The van der Waals surface area contributed by atoms with Crippen LogP contribution in [0.15, 0.2) is 36.5 Å². The van der Waals surface area contributed by atoms with E-state index in [1.54, 1.807) is 12.3 Å². The molecule has 0 atom stereocenters. The van der Waals surface area contributed by atoms with Gasteiger partial charge in [0.05, 0.1) is 11.9 Å². The molecule has 0 saturated heterocycles. The van der Waals surface area contributed by atoms with Crippen molar-refractivity contribution in [2.24, 2.45) is 0 Å². The molecule has 0 unspecified atom stereocenters. The van der Waals surface area contributed by atoms with Crippen molar-refractivity contribution in [3.8, 4) is 0 Å². The molecule has 120 valence electrons. The van der Waals surface area contributed by atoms with Gasteiger partial charge in [-0.3, -0.25) is 5.32 Å². The van der Waals surface area contributed by atoms with Gasteiger partial charge in [0, 0.05) is 11.7 Å². The Kier molecular flexibility index (Phi) is 4.46. The Morgan fingerprint density at radius 1 is 1.26 bits per heavy atom. The zero-order valence-electron chi connectivity index (χ0n) is 13.5. The lowest BCUT2D eigenvalue weighted by Gasteiger charge is -2.14. The molecule has 1 aromatic carbocycles. The highest BCUT2D eigenvalue weighted by Crippen LogP contribution is 2.25. The van der Waals surface area contributed by atoms with Gasteiger partial charge in [-0.15, -0.1) is 0 Å². The molecule has 5 nitrogen and oxygen atoms in total. The Labute approximate surface area is 136 Å². The van der Waals surface area contributed by atoms with Crippen LogP contribution in [0.3, 0.4) is 0 Å². The van der Waals surface area contributed by atoms with E-state index in [0.29, 0.717) is 11.9 Å². The van der Waals surface area contributed by atoms with Crippen molar-refractivity contribution >= 4 is 23.2 Å². The van der Waals surface area contributed by atoms with Gasteiger partial charge in [-0.2, -0.15) is 0 Å². The van der Waals surface area contributed by atoms with E-state index in [9.17, 15) is 4.79 Å². The van der Waals surface area contributed by atoms with Crippen molar-refractivity contribution in [3.63, 3.8) is 0 Å². The third-order valence-electron chi connectivity index (χ3n) is 3.93. The lowest BCUT2D eigenvalue weighted by molar-refractivity contribution is 0.251. The Balaban J connectivity index is 1.66. The number of hydrogen-bond donors (Lipinski definition) is 3. The Morgan fingerprint density at radius 2 is 2.09 bits per heavy atom. The van der Waals surface area contributed by atoms with E-state index in [0.717, 1.165) is 30.6 Å². The molecule has 1 fully saturated rings. The second-order valence-electron chi connectivity index (χ2n) is 5.89. The Morgan fingerprint density at radius 3 is 2.74 bits per heavy atom. The van der Waals surface area contributed by atoms with Crippen LogP contribution in [0.5, 0.6) is 0 Å². The summed E-state index contributed by atoms with van der Waals surface area (Å²) in [6.45, 7) is 4.23. The first-order valence-electron chi connectivity index (χ1n) is 8.05. The van der Waals surface area contributed by atoms with E-state index >= 15 is 0 Å². The number of aromatic nitrogens is 1. The summed E-state index contributed by atoms with van der Waals surface area (Å²) in [4.78, 5) is 16.0. The number of anilines is 3. The van der Waals surface area contributed by atoms with Crippen LogP contribution in [-0.4, -0.2) is 17.1 Å². The molecule has 0 bridgehead atoms. The molecular formula is C18H22N4O. The number of aryl methyl sites for hydroxylation is 2. The van der Waals surface area contributed by atoms with Crippen molar-refractivity contribution < 1.29 is 4.79 Å². The van der Waals surface area contributed by atoms with E-state index in [-0.39, 0.29) is 6.03 Å². The highest BCUT2D eigenvalue weighted by Gasteiger charge is 2.23. The number of hydrogen-bond acceptors (Lipinski definition) is 3. The Hall–Kier alpha value is -2.56. The van der Waals surface area contributed by atoms with Gasteiger partial charge in [-0.05, 0) is 49.4 Å². The fourth-order valence-corrected chi connectivity index (χ4v) is 2.45. The van der Waals surface area contributed by atoms with Gasteiger partial charge in [-0.1, -0.05) is 25.1 Å². The van der Waals surface area contributed by atoms with Gasteiger partial charge < -0.3 is 10.6 Å². The fraction of sp³-hybridized carbons (Fsp3) is 0.333. The van der Waals surface area contributed by atoms with Gasteiger partial charge in [0.2, 0.25) is 0 Å². The van der Waals surface area contributed by atoms with Crippen molar-refractivity contribution in [2.45, 2.75) is 39.2 Å². The minimum absolute atomic E-state index is 0.187. The summed E-state index contributed by atoms with van der Waals surface area (Å²) in [6, 6.07) is 10.2. The molecule has 1 aliphatic carbocycles. The van der Waals surface area contributed by atoms with Gasteiger partial charge in [0.15, 0.2) is 0 Å². The predicted octanol–water partition coefficient (Wildman–Crippen LogP) is 3.98. The summed E-state index contributed by atoms with van der Waals surface area (Å²) in [5.74, 6) is 0.550. The number of carbonyl (C=O) groups excluding carboxylic acids is 1. The smallest absolute Gasteiger partial charge is 0.320 e. The summed E-state index contributed by atoms with van der Waals surface area (Å²) in [6.07, 6.45) is 4.84. The third-order valence-corrected chi connectivity index (χ3v) is 3.93.